The molecule has 1 fully saturated rings. The molecule has 1 amide bonds. The van der Waals surface area contributed by atoms with E-state index in [2.05, 4.69) is 20.7 Å². The Hall–Kier alpha value is -3.49. The highest BCUT2D eigenvalue weighted by atomic mass is 19.1. The highest BCUT2D eigenvalue weighted by Crippen LogP contribution is 2.22. The van der Waals surface area contributed by atoms with Gasteiger partial charge in [-0.05, 0) is 55.7 Å². The van der Waals surface area contributed by atoms with E-state index in [1.807, 2.05) is 30.0 Å². The van der Waals surface area contributed by atoms with Crippen molar-refractivity contribution in [2.45, 2.75) is 19.8 Å². The van der Waals surface area contributed by atoms with E-state index in [0.717, 1.165) is 48.9 Å². The molecule has 2 N–H and O–H groups in total. The van der Waals surface area contributed by atoms with Crippen LogP contribution in [-0.4, -0.2) is 45.2 Å². The van der Waals surface area contributed by atoms with Gasteiger partial charge < -0.3 is 15.5 Å². The summed E-state index contributed by atoms with van der Waals surface area (Å²) >= 11 is 0. The molecule has 1 aliphatic heterocycles. The number of amides is 1. The van der Waals surface area contributed by atoms with Crippen LogP contribution in [0.2, 0.25) is 0 Å². The summed E-state index contributed by atoms with van der Waals surface area (Å²) in [4.78, 5) is 18.3. The Morgan fingerprint density at radius 3 is 2.50 bits per heavy atom. The minimum Gasteiger partial charge on any atom is -0.376 e. The lowest BCUT2D eigenvalue weighted by Crippen LogP contribution is -2.32. The molecular formula is C21H26F2N6O. The number of nitrogens with one attached hydrogen (secondary N) is 2. The second kappa shape index (κ2) is 8.48. The van der Waals surface area contributed by atoms with Gasteiger partial charge in [-0.15, -0.1) is 5.10 Å². The third-order valence-corrected chi connectivity index (χ3v) is 4.84. The number of rotatable bonds is 6. The van der Waals surface area contributed by atoms with E-state index in [4.69, 9.17) is 0 Å². The van der Waals surface area contributed by atoms with Crippen LogP contribution in [0.3, 0.4) is 0 Å². The Morgan fingerprint density at radius 2 is 1.77 bits per heavy atom. The van der Waals surface area contributed by atoms with Crippen LogP contribution >= 0.6 is 0 Å². The number of likely N-dealkylation sites (tertiary alicyclic amines) is 1. The minimum atomic E-state index is -0.687. The summed E-state index contributed by atoms with van der Waals surface area (Å²) in [6.45, 7) is 3.83. The first-order valence-corrected chi connectivity index (χ1v) is 9.75. The van der Waals surface area contributed by atoms with Gasteiger partial charge in [0.2, 0.25) is 11.9 Å². The second-order valence-electron chi connectivity index (χ2n) is 7.29. The number of nitrogens with zero attached hydrogens (tertiary/aromatic N) is 4. The number of carbonyl (C=O) groups is 1. The van der Waals surface area contributed by atoms with Crippen molar-refractivity contribution < 1.29 is 16.4 Å². The van der Waals surface area contributed by atoms with Gasteiger partial charge in [-0.25, -0.2) is 13.5 Å². The molecule has 0 unspecified atom stereocenters. The Labute approximate surface area is 175 Å². The third-order valence-electron chi connectivity index (χ3n) is 4.84. The first-order valence-electron chi connectivity index (χ1n) is 9.75. The zero-order chi connectivity index (χ0) is 21.1. The molecule has 0 bridgehead atoms. The fourth-order valence-corrected chi connectivity index (χ4v) is 3.46. The molecule has 0 spiro atoms. The van der Waals surface area contributed by atoms with Gasteiger partial charge in [0, 0.05) is 33.4 Å². The molecule has 2 aromatic carbocycles. The van der Waals surface area contributed by atoms with Gasteiger partial charge in [-0.1, -0.05) is 0 Å². The van der Waals surface area contributed by atoms with Gasteiger partial charge in [0.1, 0.15) is 18.0 Å². The largest absolute Gasteiger partial charge is 0.376 e. The third kappa shape index (κ3) is 4.73. The van der Waals surface area contributed by atoms with Crippen LogP contribution in [0.25, 0.3) is 5.69 Å². The Balaban J connectivity index is 0.00000181. The van der Waals surface area contributed by atoms with E-state index in [1.54, 1.807) is 0 Å². The molecule has 1 aromatic heterocycles. The molecule has 1 saturated heterocycles. The highest BCUT2D eigenvalue weighted by molar-refractivity contribution is 5.81. The summed E-state index contributed by atoms with van der Waals surface area (Å²) < 4.78 is 28.2. The van der Waals surface area contributed by atoms with Gasteiger partial charge in [0.15, 0.2) is 0 Å². The Kier molecular flexibility index (Phi) is 5.60. The SMILES string of the molecule is Cc1cc(NCC(=O)N2CCCC2)cc(Nc2ncn(-c3cc(F)cc(F)c3)n2)c1.[HH].[HH]. The molecule has 9 heteroatoms. The first kappa shape index (κ1) is 19.8. The topological polar surface area (TPSA) is 75.1 Å². The summed E-state index contributed by atoms with van der Waals surface area (Å²) in [6, 6.07) is 8.86. The van der Waals surface area contributed by atoms with Crippen molar-refractivity contribution in [1.29, 1.82) is 0 Å². The monoisotopic (exact) mass is 416 g/mol. The van der Waals surface area contributed by atoms with Crippen molar-refractivity contribution in [3.8, 4) is 5.69 Å². The molecule has 0 aliphatic carbocycles. The summed E-state index contributed by atoms with van der Waals surface area (Å²) in [5, 5.41) is 10.5. The van der Waals surface area contributed by atoms with Gasteiger partial charge in [0.25, 0.3) is 0 Å². The second-order valence-corrected chi connectivity index (χ2v) is 7.29. The summed E-state index contributed by atoms with van der Waals surface area (Å²) in [5.41, 5.74) is 2.76. The van der Waals surface area contributed by atoms with Crippen LogP contribution in [0.5, 0.6) is 0 Å². The van der Waals surface area contributed by atoms with E-state index in [-0.39, 0.29) is 26.9 Å². The zero-order valence-electron chi connectivity index (χ0n) is 16.5. The molecule has 2 heterocycles. The van der Waals surface area contributed by atoms with Gasteiger partial charge >= 0.3 is 0 Å². The fourth-order valence-electron chi connectivity index (χ4n) is 3.46. The predicted molar refractivity (Wildman–Crippen MR) is 114 cm³/mol. The maximum Gasteiger partial charge on any atom is 0.246 e. The van der Waals surface area contributed by atoms with E-state index < -0.39 is 11.6 Å². The lowest BCUT2D eigenvalue weighted by atomic mass is 10.2. The van der Waals surface area contributed by atoms with E-state index in [9.17, 15) is 13.6 Å². The smallest absolute Gasteiger partial charge is 0.246 e. The van der Waals surface area contributed by atoms with Crippen molar-refractivity contribution >= 4 is 23.2 Å². The summed E-state index contributed by atoms with van der Waals surface area (Å²) in [7, 11) is 0. The fraction of sp³-hybridized carbons (Fsp3) is 0.286. The molecule has 7 nitrogen and oxygen atoms in total. The Bertz CT molecular complexity index is 1050. The standard InChI is InChI=1S/C21H22F2N6O.2H2/c1-14-6-17(24-12-20(30)28-4-2-3-5-28)11-18(7-14)26-21-25-13-29(27-21)19-9-15(22)8-16(23)10-19;;/h6-11,13,24H,2-5,12H2,1H3,(H,26,27);2*1H. The average molecular weight is 416 g/mol. The number of hydrogen-bond acceptors (Lipinski definition) is 5. The highest BCUT2D eigenvalue weighted by Gasteiger charge is 2.17. The van der Waals surface area contributed by atoms with Crippen molar-refractivity contribution in [3.05, 3.63) is 59.9 Å². The molecule has 0 saturated carbocycles. The quantitative estimate of drug-likeness (QED) is 0.632. The number of aromatic nitrogens is 3. The first-order chi connectivity index (χ1) is 14.5. The van der Waals surface area contributed by atoms with Crippen LogP contribution in [0, 0.1) is 18.6 Å². The lowest BCUT2D eigenvalue weighted by Gasteiger charge is -2.16. The minimum absolute atomic E-state index is 0. The van der Waals surface area contributed by atoms with Crippen LogP contribution in [0.15, 0.2) is 42.7 Å². The molecule has 160 valence electrons. The van der Waals surface area contributed by atoms with E-state index in [1.165, 1.54) is 23.1 Å². The van der Waals surface area contributed by atoms with Crippen LogP contribution in [0.1, 0.15) is 21.3 Å². The van der Waals surface area contributed by atoms with Gasteiger partial charge in [0.05, 0.1) is 12.2 Å². The number of hydrogen-bond donors (Lipinski definition) is 2. The van der Waals surface area contributed by atoms with Crippen molar-refractivity contribution in [3.63, 3.8) is 0 Å². The van der Waals surface area contributed by atoms with Crippen molar-refractivity contribution in [2.24, 2.45) is 0 Å². The number of halogens is 2. The summed E-state index contributed by atoms with van der Waals surface area (Å²) in [6.07, 6.45) is 3.50. The van der Waals surface area contributed by atoms with Gasteiger partial charge in [-0.2, -0.15) is 4.98 Å². The van der Waals surface area contributed by atoms with Crippen LogP contribution in [-0.2, 0) is 4.79 Å². The van der Waals surface area contributed by atoms with Gasteiger partial charge in [-0.3, -0.25) is 4.79 Å². The summed E-state index contributed by atoms with van der Waals surface area (Å²) in [5.74, 6) is -1.00. The number of carbonyl (C=O) groups excluding carboxylic acids is 1. The molecule has 3 aromatic rings. The zero-order valence-corrected chi connectivity index (χ0v) is 16.5. The van der Waals surface area contributed by atoms with E-state index >= 15 is 0 Å². The molecule has 30 heavy (non-hydrogen) atoms. The molecule has 0 atom stereocenters. The lowest BCUT2D eigenvalue weighted by molar-refractivity contribution is -0.128. The predicted octanol–water partition coefficient (Wildman–Crippen LogP) is 4.12. The van der Waals surface area contributed by atoms with Crippen LogP contribution < -0.4 is 10.6 Å². The van der Waals surface area contributed by atoms with Crippen molar-refractivity contribution in [1.82, 2.24) is 19.7 Å². The van der Waals surface area contributed by atoms with Crippen LogP contribution in [0.4, 0.5) is 26.1 Å². The van der Waals surface area contributed by atoms with E-state index in [0.29, 0.717) is 0 Å². The number of benzene rings is 2. The molecule has 1 aliphatic rings. The molecular weight excluding hydrogens is 390 g/mol. The maximum atomic E-state index is 13.4. The molecule has 4 rings (SSSR count). The normalized spacial score (nSPS) is 13.5. The molecule has 0 radical (unpaired) electrons. The van der Waals surface area contributed by atoms with Crippen molar-refractivity contribution in [2.75, 3.05) is 30.3 Å². The number of anilines is 3. The average Bonchev–Trinajstić information content (AvgIpc) is 3.37. The number of aryl methyl sites for hydroxylation is 1. The maximum absolute atomic E-state index is 13.4. The Morgan fingerprint density at radius 1 is 1.07 bits per heavy atom.